The third-order valence-electron chi connectivity index (χ3n) is 3.04. The topological polar surface area (TPSA) is 12.0 Å². The van der Waals surface area contributed by atoms with Crippen molar-refractivity contribution in [3.8, 4) is 0 Å². The largest absolute Gasteiger partial charge is 0.313 e. The Morgan fingerprint density at radius 3 is 2.68 bits per heavy atom. The van der Waals surface area contributed by atoms with Crippen molar-refractivity contribution in [3.05, 3.63) is 68.9 Å². The van der Waals surface area contributed by atoms with Crippen molar-refractivity contribution in [2.75, 3.05) is 7.05 Å². The molecule has 0 aliphatic heterocycles. The number of halogens is 3. The highest BCUT2D eigenvalue weighted by atomic mass is 79.9. The molecule has 0 heterocycles. The second-order valence-corrected chi connectivity index (χ2v) is 5.69. The average Bonchev–Trinajstić information content (AvgIpc) is 2.38. The molecule has 0 aliphatic carbocycles. The Labute approximate surface area is 125 Å². The maximum Gasteiger partial charge on any atom is 0.127 e. The average molecular weight is 343 g/mol. The minimum absolute atomic E-state index is 0.0631. The van der Waals surface area contributed by atoms with Gasteiger partial charge in [-0.15, -0.1) is 0 Å². The lowest BCUT2D eigenvalue weighted by atomic mass is 9.99. The van der Waals surface area contributed by atoms with Crippen LogP contribution < -0.4 is 5.32 Å². The molecular formula is C15H14BrClFN. The number of nitrogens with one attached hydrogen (secondary N) is 1. The number of rotatable bonds is 4. The first-order valence-corrected chi connectivity index (χ1v) is 7.14. The standard InChI is InChI=1S/C15H14BrClFN/c1-19-15(11-3-2-4-12(16)7-11)8-10-5-6-13(17)9-14(10)18/h2-7,9,15,19H,8H2,1H3. The maximum absolute atomic E-state index is 13.8. The number of likely N-dealkylation sites (N-methyl/N-ethyl adjacent to an activating group) is 1. The predicted octanol–water partition coefficient (Wildman–Crippen LogP) is 4.74. The fraction of sp³-hybridized carbons (Fsp3) is 0.200. The summed E-state index contributed by atoms with van der Waals surface area (Å²) in [7, 11) is 1.87. The van der Waals surface area contributed by atoms with Crippen molar-refractivity contribution in [2.45, 2.75) is 12.5 Å². The second kappa shape index (κ2) is 6.51. The summed E-state index contributed by atoms with van der Waals surface area (Å²) in [6.07, 6.45) is 0.579. The van der Waals surface area contributed by atoms with Gasteiger partial charge in [-0.2, -0.15) is 0 Å². The normalized spacial score (nSPS) is 12.4. The molecule has 0 amide bonds. The van der Waals surface area contributed by atoms with Crippen LogP contribution in [0, 0.1) is 5.82 Å². The molecule has 0 spiro atoms. The Balaban J connectivity index is 2.24. The molecule has 19 heavy (non-hydrogen) atoms. The molecule has 1 atom stereocenters. The lowest BCUT2D eigenvalue weighted by molar-refractivity contribution is 0.554. The molecule has 0 saturated heterocycles. The summed E-state index contributed by atoms with van der Waals surface area (Å²) in [5.74, 6) is -0.261. The zero-order valence-corrected chi connectivity index (χ0v) is 12.8. The molecule has 0 radical (unpaired) electrons. The Hall–Kier alpha value is -0.900. The first kappa shape index (κ1) is 14.5. The summed E-state index contributed by atoms with van der Waals surface area (Å²) in [6.45, 7) is 0. The van der Waals surface area contributed by atoms with E-state index in [0.29, 0.717) is 17.0 Å². The van der Waals surface area contributed by atoms with Crippen LogP contribution in [-0.2, 0) is 6.42 Å². The van der Waals surface area contributed by atoms with Crippen LogP contribution in [-0.4, -0.2) is 7.05 Å². The molecule has 0 saturated carbocycles. The number of benzene rings is 2. The van der Waals surface area contributed by atoms with Gasteiger partial charge in [0.2, 0.25) is 0 Å². The van der Waals surface area contributed by atoms with E-state index in [4.69, 9.17) is 11.6 Å². The van der Waals surface area contributed by atoms with E-state index in [2.05, 4.69) is 21.2 Å². The summed E-state index contributed by atoms with van der Waals surface area (Å²) in [4.78, 5) is 0. The van der Waals surface area contributed by atoms with Crippen LogP contribution >= 0.6 is 27.5 Å². The predicted molar refractivity (Wildman–Crippen MR) is 81.1 cm³/mol. The SMILES string of the molecule is CNC(Cc1ccc(Cl)cc1F)c1cccc(Br)c1. The summed E-state index contributed by atoms with van der Waals surface area (Å²) in [5.41, 5.74) is 1.77. The molecular weight excluding hydrogens is 329 g/mol. The third-order valence-corrected chi connectivity index (χ3v) is 3.77. The summed E-state index contributed by atoms with van der Waals surface area (Å²) in [5, 5.41) is 3.64. The van der Waals surface area contributed by atoms with Crippen molar-refractivity contribution in [1.82, 2.24) is 5.32 Å². The Morgan fingerprint density at radius 2 is 2.05 bits per heavy atom. The fourth-order valence-corrected chi connectivity index (χ4v) is 2.59. The Morgan fingerprint density at radius 1 is 1.26 bits per heavy atom. The lowest BCUT2D eigenvalue weighted by Crippen LogP contribution is -2.19. The van der Waals surface area contributed by atoms with Gasteiger partial charge in [-0.3, -0.25) is 0 Å². The van der Waals surface area contributed by atoms with Gasteiger partial charge in [0, 0.05) is 15.5 Å². The van der Waals surface area contributed by atoms with Gasteiger partial charge in [-0.25, -0.2) is 4.39 Å². The van der Waals surface area contributed by atoms with Crippen LogP contribution in [0.15, 0.2) is 46.9 Å². The van der Waals surface area contributed by atoms with Gasteiger partial charge >= 0.3 is 0 Å². The van der Waals surface area contributed by atoms with Crippen molar-refractivity contribution in [2.24, 2.45) is 0 Å². The van der Waals surface area contributed by atoms with Gasteiger partial charge in [-0.1, -0.05) is 45.7 Å². The minimum Gasteiger partial charge on any atom is -0.313 e. The zero-order chi connectivity index (χ0) is 13.8. The third kappa shape index (κ3) is 3.78. The van der Waals surface area contributed by atoms with Gasteiger partial charge in [0.1, 0.15) is 5.82 Å². The van der Waals surface area contributed by atoms with Crippen molar-refractivity contribution in [1.29, 1.82) is 0 Å². The van der Waals surface area contributed by atoms with Gasteiger partial charge in [0.15, 0.2) is 0 Å². The smallest absolute Gasteiger partial charge is 0.127 e. The van der Waals surface area contributed by atoms with E-state index in [0.717, 1.165) is 10.0 Å². The van der Waals surface area contributed by atoms with Crippen molar-refractivity contribution < 1.29 is 4.39 Å². The van der Waals surface area contributed by atoms with Crippen LogP contribution in [0.1, 0.15) is 17.2 Å². The molecule has 1 N–H and O–H groups in total. The molecule has 0 bridgehead atoms. The van der Waals surface area contributed by atoms with E-state index in [-0.39, 0.29) is 11.9 Å². The Kier molecular flexibility index (Phi) is 4.97. The molecule has 100 valence electrons. The van der Waals surface area contributed by atoms with Crippen LogP contribution in [0.5, 0.6) is 0 Å². The highest BCUT2D eigenvalue weighted by molar-refractivity contribution is 9.10. The molecule has 1 unspecified atom stereocenters. The van der Waals surface area contributed by atoms with Crippen molar-refractivity contribution in [3.63, 3.8) is 0 Å². The number of hydrogen-bond acceptors (Lipinski definition) is 1. The fourth-order valence-electron chi connectivity index (χ4n) is 2.02. The number of hydrogen-bond donors (Lipinski definition) is 1. The van der Waals surface area contributed by atoms with E-state index in [9.17, 15) is 4.39 Å². The highest BCUT2D eigenvalue weighted by Gasteiger charge is 2.13. The van der Waals surface area contributed by atoms with Gasteiger partial charge in [-0.05, 0) is 48.9 Å². The minimum atomic E-state index is -0.261. The molecule has 2 rings (SSSR count). The zero-order valence-electron chi connectivity index (χ0n) is 10.5. The van der Waals surface area contributed by atoms with Gasteiger partial charge in [0.05, 0.1) is 0 Å². The Bertz CT molecular complexity index is 574. The van der Waals surface area contributed by atoms with Gasteiger partial charge in [0.25, 0.3) is 0 Å². The molecule has 2 aromatic carbocycles. The molecule has 4 heteroatoms. The first-order chi connectivity index (χ1) is 9.10. The highest BCUT2D eigenvalue weighted by Crippen LogP contribution is 2.24. The lowest BCUT2D eigenvalue weighted by Gasteiger charge is -2.17. The molecule has 1 nitrogen and oxygen atoms in total. The van der Waals surface area contributed by atoms with Crippen LogP contribution in [0.4, 0.5) is 4.39 Å². The molecule has 0 aliphatic rings. The molecule has 2 aromatic rings. The maximum atomic E-state index is 13.8. The molecule has 0 fully saturated rings. The van der Waals surface area contributed by atoms with E-state index in [1.807, 2.05) is 31.3 Å². The summed E-state index contributed by atoms with van der Waals surface area (Å²) in [6, 6.07) is 12.9. The van der Waals surface area contributed by atoms with Crippen LogP contribution in [0.2, 0.25) is 5.02 Å². The first-order valence-electron chi connectivity index (χ1n) is 5.97. The second-order valence-electron chi connectivity index (χ2n) is 4.34. The monoisotopic (exact) mass is 341 g/mol. The van der Waals surface area contributed by atoms with E-state index < -0.39 is 0 Å². The van der Waals surface area contributed by atoms with E-state index in [1.54, 1.807) is 12.1 Å². The van der Waals surface area contributed by atoms with Crippen LogP contribution in [0.3, 0.4) is 0 Å². The summed E-state index contributed by atoms with van der Waals surface area (Å²) >= 11 is 9.21. The van der Waals surface area contributed by atoms with E-state index in [1.165, 1.54) is 6.07 Å². The molecule has 0 aromatic heterocycles. The van der Waals surface area contributed by atoms with Crippen molar-refractivity contribution >= 4 is 27.5 Å². The van der Waals surface area contributed by atoms with Crippen LogP contribution in [0.25, 0.3) is 0 Å². The summed E-state index contributed by atoms with van der Waals surface area (Å²) < 4.78 is 14.8. The van der Waals surface area contributed by atoms with Gasteiger partial charge < -0.3 is 5.32 Å². The van der Waals surface area contributed by atoms with E-state index >= 15 is 0 Å². The quantitative estimate of drug-likeness (QED) is 0.846.